The molecule has 3 N–H and O–H groups in total. The third kappa shape index (κ3) is 6.11. The van der Waals surface area contributed by atoms with E-state index in [9.17, 15) is 33.3 Å². The molecule has 4 aromatic rings. The van der Waals surface area contributed by atoms with Crippen LogP contribution in [0.1, 0.15) is 63.9 Å². The van der Waals surface area contributed by atoms with Crippen LogP contribution in [-0.2, 0) is 0 Å². The van der Waals surface area contributed by atoms with Gasteiger partial charge in [-0.05, 0) is 80.5 Å². The molecule has 12 heteroatoms. The normalized spacial score (nSPS) is 15.8. The van der Waals surface area contributed by atoms with Gasteiger partial charge < -0.3 is 16.0 Å². The van der Waals surface area contributed by atoms with E-state index in [1.54, 1.807) is 54.8 Å². The zero-order valence-electron chi connectivity index (χ0n) is 25.2. The van der Waals surface area contributed by atoms with Crippen molar-refractivity contribution in [3.05, 3.63) is 77.1 Å². The number of fused-ring (bicyclic) bond motifs is 1. The summed E-state index contributed by atoms with van der Waals surface area (Å²) in [5.74, 6) is -0.663. The summed E-state index contributed by atoms with van der Waals surface area (Å²) in [6, 6.07) is 16.6. The van der Waals surface area contributed by atoms with Crippen LogP contribution in [0, 0.1) is 36.5 Å². The highest BCUT2D eigenvalue weighted by Gasteiger charge is 2.45. The van der Waals surface area contributed by atoms with Crippen molar-refractivity contribution < 1.29 is 22.8 Å². The number of halogens is 3. The van der Waals surface area contributed by atoms with Gasteiger partial charge in [-0.25, -0.2) is 4.98 Å². The zero-order chi connectivity index (χ0) is 32.9. The quantitative estimate of drug-likeness (QED) is 0.202. The Morgan fingerprint density at radius 1 is 0.870 bits per heavy atom. The van der Waals surface area contributed by atoms with Crippen molar-refractivity contribution in [1.29, 1.82) is 10.5 Å². The molecule has 6 rings (SSSR count). The number of nitriles is 2. The highest BCUT2D eigenvalue weighted by Crippen LogP contribution is 2.37. The maximum absolute atomic E-state index is 13.0. The molecule has 2 heterocycles. The lowest BCUT2D eigenvalue weighted by molar-refractivity contribution is -0.131. The van der Waals surface area contributed by atoms with Crippen LogP contribution in [0.2, 0.25) is 0 Å². The van der Waals surface area contributed by atoms with Crippen molar-refractivity contribution in [2.45, 2.75) is 63.2 Å². The van der Waals surface area contributed by atoms with Crippen molar-refractivity contribution in [3.63, 3.8) is 0 Å². The lowest BCUT2D eigenvalue weighted by Crippen LogP contribution is -2.35. The van der Waals surface area contributed by atoms with Crippen molar-refractivity contribution in [1.82, 2.24) is 20.0 Å². The Kier molecular flexibility index (Phi) is 7.48. The Bertz CT molecular complexity index is 1980. The molecule has 0 spiro atoms. The fraction of sp³-hybridized carbons (Fsp3) is 0.324. The Morgan fingerprint density at radius 3 is 1.91 bits per heavy atom. The third-order valence-corrected chi connectivity index (χ3v) is 8.53. The van der Waals surface area contributed by atoms with Gasteiger partial charge in [0.05, 0.1) is 36.1 Å². The van der Waals surface area contributed by atoms with Gasteiger partial charge in [0.15, 0.2) is 5.65 Å². The molecular weight excluding hydrogens is 595 g/mol. The molecule has 2 saturated carbocycles. The van der Waals surface area contributed by atoms with Crippen LogP contribution in [-0.4, -0.2) is 45.0 Å². The van der Waals surface area contributed by atoms with E-state index in [1.165, 1.54) is 0 Å². The minimum Gasteiger partial charge on any atom is -0.382 e. The van der Waals surface area contributed by atoms with Crippen LogP contribution in [0.25, 0.3) is 28.0 Å². The molecule has 0 aliphatic heterocycles. The summed E-state index contributed by atoms with van der Waals surface area (Å²) in [6.07, 6.45) is 0.550. The molecule has 2 aliphatic carbocycles. The summed E-state index contributed by atoms with van der Waals surface area (Å²) in [7, 11) is 0. The minimum atomic E-state index is -4.34. The van der Waals surface area contributed by atoms with Gasteiger partial charge >= 0.3 is 6.18 Å². The predicted octanol–water partition coefficient (Wildman–Crippen LogP) is 6.22. The van der Waals surface area contributed by atoms with Crippen LogP contribution in [0.3, 0.4) is 0 Å². The molecule has 9 nitrogen and oxygen atoms in total. The highest BCUT2D eigenvalue weighted by molar-refractivity contribution is 5.98. The van der Waals surface area contributed by atoms with E-state index in [0.717, 1.165) is 11.1 Å². The van der Waals surface area contributed by atoms with Crippen LogP contribution in [0.15, 0.2) is 54.9 Å². The van der Waals surface area contributed by atoms with Gasteiger partial charge in [0.1, 0.15) is 11.1 Å². The molecule has 2 aromatic carbocycles. The Hall–Kier alpha value is -5.36. The number of nitrogens with zero attached hydrogens (tertiary/aromatic N) is 4. The number of carbonyl (C=O) groups is 2. The topological polar surface area (TPSA) is 135 Å². The van der Waals surface area contributed by atoms with E-state index < -0.39 is 23.7 Å². The van der Waals surface area contributed by atoms with Crippen LogP contribution < -0.4 is 16.0 Å². The number of alkyl halides is 3. The number of aryl methyl sites for hydroxylation is 2. The van der Waals surface area contributed by atoms with Gasteiger partial charge in [0, 0.05) is 35.0 Å². The number of hydrogen-bond donors (Lipinski definition) is 3. The summed E-state index contributed by atoms with van der Waals surface area (Å²) in [4.78, 5) is 30.3. The monoisotopic (exact) mass is 625 g/mol. The summed E-state index contributed by atoms with van der Waals surface area (Å²) in [5.41, 5.74) is 4.23. The highest BCUT2D eigenvalue weighted by atomic mass is 19.4. The smallest absolute Gasteiger partial charge is 0.382 e. The van der Waals surface area contributed by atoms with Crippen LogP contribution >= 0.6 is 0 Å². The van der Waals surface area contributed by atoms with Crippen molar-refractivity contribution in [2.75, 3.05) is 11.9 Å². The number of imidazole rings is 1. The average Bonchev–Trinajstić information content (AvgIpc) is 3.92. The standard InChI is InChI=1S/C34H30F3N7O2/c1-20-13-22(3-5-25(20)30(45)42-32(18-38)7-8-32)24-15-27(40-12-11-34(35,36)37)29-41-16-28(44(29)17-24)23-4-6-26(21(2)14-23)31(46)43-33(19-39)9-10-33/h3-6,13-17,40H,7-12H2,1-2H3,(H,42,45)(H,43,46). The first-order chi connectivity index (χ1) is 21.8. The molecule has 2 fully saturated rings. The molecule has 2 aromatic heterocycles. The molecule has 0 bridgehead atoms. The number of nitrogens with one attached hydrogen (secondary N) is 3. The van der Waals surface area contributed by atoms with E-state index in [0.29, 0.717) is 70.5 Å². The predicted molar refractivity (Wildman–Crippen MR) is 165 cm³/mol. The average molecular weight is 626 g/mol. The first-order valence-electron chi connectivity index (χ1n) is 14.9. The number of aromatic nitrogens is 2. The van der Waals surface area contributed by atoms with E-state index in [1.807, 2.05) is 18.3 Å². The van der Waals surface area contributed by atoms with E-state index in [2.05, 4.69) is 33.1 Å². The molecule has 234 valence electrons. The number of carbonyl (C=O) groups excluding carboxylic acids is 2. The summed E-state index contributed by atoms with van der Waals surface area (Å²) in [6.45, 7) is 3.23. The van der Waals surface area contributed by atoms with Crippen molar-refractivity contribution in [3.8, 4) is 34.5 Å². The van der Waals surface area contributed by atoms with E-state index in [-0.39, 0.29) is 18.4 Å². The van der Waals surface area contributed by atoms with Gasteiger partial charge in [-0.2, -0.15) is 23.7 Å². The number of pyridine rings is 1. The molecule has 2 aliphatic rings. The van der Waals surface area contributed by atoms with Gasteiger partial charge in [-0.1, -0.05) is 18.2 Å². The van der Waals surface area contributed by atoms with Gasteiger partial charge in [-0.15, -0.1) is 0 Å². The first-order valence-corrected chi connectivity index (χ1v) is 14.9. The second kappa shape index (κ2) is 11.2. The fourth-order valence-corrected chi connectivity index (χ4v) is 5.45. The van der Waals surface area contributed by atoms with E-state index in [4.69, 9.17) is 0 Å². The molecule has 0 saturated heterocycles. The van der Waals surface area contributed by atoms with Crippen LogP contribution in [0.5, 0.6) is 0 Å². The maximum atomic E-state index is 13.0. The van der Waals surface area contributed by atoms with Gasteiger partial charge in [-0.3, -0.25) is 14.0 Å². The lowest BCUT2D eigenvalue weighted by atomic mass is 9.99. The first kappa shape index (κ1) is 30.7. The molecule has 2 amide bonds. The summed E-state index contributed by atoms with van der Waals surface area (Å²) < 4.78 is 40.8. The molecule has 46 heavy (non-hydrogen) atoms. The Labute approximate surface area is 263 Å². The van der Waals surface area contributed by atoms with E-state index >= 15 is 0 Å². The van der Waals surface area contributed by atoms with Gasteiger partial charge in [0.25, 0.3) is 11.8 Å². The SMILES string of the molecule is Cc1cc(-c2cc(NCCC(F)(F)F)c3ncc(-c4ccc(C(=O)NC5(C#N)CC5)c(C)c4)n3c2)ccc1C(=O)NC1(C#N)CC1. The lowest BCUT2D eigenvalue weighted by Gasteiger charge is -2.15. The van der Waals surface area contributed by atoms with Crippen LogP contribution in [0.4, 0.5) is 18.9 Å². The zero-order valence-corrected chi connectivity index (χ0v) is 25.2. The summed E-state index contributed by atoms with van der Waals surface area (Å²) in [5, 5.41) is 27.2. The molecule has 0 unspecified atom stereocenters. The molecule has 0 radical (unpaired) electrons. The second-order valence-corrected chi connectivity index (χ2v) is 12.1. The van der Waals surface area contributed by atoms with Gasteiger partial charge in [0.2, 0.25) is 0 Å². The number of rotatable bonds is 9. The number of benzene rings is 2. The molecular formula is C34H30F3N7O2. The minimum absolute atomic E-state index is 0.327. The number of anilines is 1. The Morgan fingerprint density at radius 2 is 1.41 bits per heavy atom. The number of amides is 2. The fourth-order valence-electron chi connectivity index (χ4n) is 5.45. The van der Waals surface area contributed by atoms with Crippen molar-refractivity contribution in [2.24, 2.45) is 0 Å². The largest absolute Gasteiger partial charge is 0.390 e. The number of hydrogen-bond acceptors (Lipinski definition) is 6. The van der Waals surface area contributed by atoms with Crippen molar-refractivity contribution >= 4 is 23.1 Å². The Balaban J connectivity index is 1.36. The maximum Gasteiger partial charge on any atom is 0.390 e. The summed E-state index contributed by atoms with van der Waals surface area (Å²) >= 11 is 0. The third-order valence-electron chi connectivity index (χ3n) is 8.53. The molecule has 0 atom stereocenters. The second-order valence-electron chi connectivity index (χ2n) is 12.1.